The number of carbonyl (C=O) groups is 1. The summed E-state index contributed by atoms with van der Waals surface area (Å²) in [5.41, 5.74) is -0.235. The Kier molecular flexibility index (Phi) is 16.3. The minimum atomic E-state index is -0.235. The van der Waals surface area contributed by atoms with Crippen molar-refractivity contribution in [1.29, 1.82) is 0 Å². The van der Waals surface area contributed by atoms with Crippen molar-refractivity contribution in [3.05, 3.63) is 0 Å². The molecule has 1 fully saturated rings. The Morgan fingerprint density at radius 1 is 0.586 bits per heavy atom. The zero-order valence-electron chi connectivity index (χ0n) is 18.0. The van der Waals surface area contributed by atoms with Gasteiger partial charge in [0.15, 0.2) is 0 Å². The van der Waals surface area contributed by atoms with Crippen molar-refractivity contribution in [2.45, 2.75) is 19.8 Å². The first-order chi connectivity index (χ1) is 14.2. The molecule has 0 amide bonds. The van der Waals surface area contributed by atoms with Crippen molar-refractivity contribution in [3.8, 4) is 0 Å². The fraction of sp³-hybridized carbons (Fsp3) is 0.950. The van der Waals surface area contributed by atoms with Crippen LogP contribution in [0.1, 0.15) is 19.8 Å². The lowest BCUT2D eigenvalue weighted by Gasteiger charge is -2.10. The predicted octanol–water partition coefficient (Wildman–Crippen LogP) is 1.08. The van der Waals surface area contributed by atoms with E-state index in [-0.39, 0.29) is 11.4 Å². The standard InChI is InChI=1S/C20H38O9/c1-20(3-4-20)19(21)29-18-17-28-16-15-27-14-13-26-12-11-25-10-9-24-8-7-23-6-5-22-2/h3-18H2,1-2H3. The summed E-state index contributed by atoms with van der Waals surface area (Å²) in [4.78, 5) is 11.6. The van der Waals surface area contributed by atoms with Crippen LogP contribution in [-0.2, 0) is 42.7 Å². The van der Waals surface area contributed by atoms with Crippen LogP contribution in [-0.4, -0.2) is 106 Å². The van der Waals surface area contributed by atoms with Crippen LogP contribution in [0, 0.1) is 5.41 Å². The molecule has 0 aromatic rings. The fourth-order valence-corrected chi connectivity index (χ4v) is 2.10. The smallest absolute Gasteiger partial charge is 0.311 e. The Hall–Kier alpha value is -0.810. The van der Waals surface area contributed by atoms with Crippen LogP contribution in [0.25, 0.3) is 0 Å². The normalized spacial score (nSPS) is 14.8. The maximum Gasteiger partial charge on any atom is 0.311 e. The highest BCUT2D eigenvalue weighted by Crippen LogP contribution is 2.45. The molecular formula is C20H38O9. The second kappa shape index (κ2) is 18.0. The summed E-state index contributed by atoms with van der Waals surface area (Å²) in [6, 6.07) is 0. The number of esters is 1. The molecule has 172 valence electrons. The maximum absolute atomic E-state index is 11.6. The molecule has 0 bridgehead atoms. The van der Waals surface area contributed by atoms with E-state index in [2.05, 4.69) is 0 Å². The van der Waals surface area contributed by atoms with Gasteiger partial charge in [-0.3, -0.25) is 4.79 Å². The van der Waals surface area contributed by atoms with Gasteiger partial charge in [-0.15, -0.1) is 0 Å². The number of ether oxygens (including phenoxy) is 8. The van der Waals surface area contributed by atoms with E-state index in [0.29, 0.717) is 92.5 Å². The molecule has 9 heteroatoms. The molecule has 0 aromatic heterocycles. The summed E-state index contributed by atoms with van der Waals surface area (Å²) < 4.78 is 42.2. The molecule has 0 N–H and O–H groups in total. The molecule has 0 saturated heterocycles. The molecule has 0 spiro atoms. The summed E-state index contributed by atoms with van der Waals surface area (Å²) in [5.74, 6) is -0.116. The van der Waals surface area contributed by atoms with E-state index in [1.54, 1.807) is 7.11 Å². The van der Waals surface area contributed by atoms with Crippen molar-refractivity contribution < 1.29 is 42.7 Å². The van der Waals surface area contributed by atoms with Crippen molar-refractivity contribution in [2.75, 3.05) is 99.6 Å². The monoisotopic (exact) mass is 422 g/mol. The maximum atomic E-state index is 11.6. The van der Waals surface area contributed by atoms with E-state index >= 15 is 0 Å². The molecular weight excluding hydrogens is 384 g/mol. The second-order valence-corrected chi connectivity index (χ2v) is 6.86. The number of methoxy groups -OCH3 is 1. The first-order valence-electron chi connectivity index (χ1n) is 10.3. The van der Waals surface area contributed by atoms with Gasteiger partial charge in [-0.1, -0.05) is 0 Å². The van der Waals surface area contributed by atoms with E-state index in [9.17, 15) is 4.79 Å². The van der Waals surface area contributed by atoms with Gasteiger partial charge in [0.1, 0.15) is 6.61 Å². The summed E-state index contributed by atoms with van der Waals surface area (Å²) in [5, 5.41) is 0. The van der Waals surface area contributed by atoms with Gasteiger partial charge in [0.25, 0.3) is 0 Å². The summed E-state index contributed by atoms with van der Waals surface area (Å²) in [6.07, 6.45) is 1.85. The molecule has 0 radical (unpaired) electrons. The second-order valence-electron chi connectivity index (χ2n) is 6.86. The van der Waals surface area contributed by atoms with E-state index in [1.807, 2.05) is 6.92 Å². The van der Waals surface area contributed by atoms with Gasteiger partial charge in [-0.05, 0) is 19.8 Å². The molecule has 0 aromatic carbocycles. The van der Waals surface area contributed by atoms with Crippen LogP contribution in [0.15, 0.2) is 0 Å². The molecule has 0 atom stereocenters. The van der Waals surface area contributed by atoms with Crippen LogP contribution >= 0.6 is 0 Å². The summed E-state index contributed by atoms with van der Waals surface area (Å²) in [7, 11) is 1.64. The third kappa shape index (κ3) is 15.7. The van der Waals surface area contributed by atoms with Crippen molar-refractivity contribution in [1.82, 2.24) is 0 Å². The van der Waals surface area contributed by atoms with Gasteiger partial charge < -0.3 is 37.9 Å². The molecule has 1 aliphatic rings. The van der Waals surface area contributed by atoms with Crippen LogP contribution in [0.4, 0.5) is 0 Å². The Morgan fingerprint density at radius 2 is 0.897 bits per heavy atom. The third-order valence-electron chi connectivity index (χ3n) is 4.25. The quantitative estimate of drug-likeness (QED) is 0.188. The van der Waals surface area contributed by atoms with E-state index < -0.39 is 0 Å². The number of hydrogen-bond acceptors (Lipinski definition) is 9. The fourth-order valence-electron chi connectivity index (χ4n) is 2.10. The van der Waals surface area contributed by atoms with Crippen molar-refractivity contribution in [2.24, 2.45) is 5.41 Å². The number of rotatable bonds is 22. The van der Waals surface area contributed by atoms with Gasteiger partial charge >= 0.3 is 5.97 Å². The van der Waals surface area contributed by atoms with Crippen LogP contribution in [0.5, 0.6) is 0 Å². The van der Waals surface area contributed by atoms with Crippen LogP contribution < -0.4 is 0 Å². The third-order valence-corrected chi connectivity index (χ3v) is 4.25. The molecule has 29 heavy (non-hydrogen) atoms. The largest absolute Gasteiger partial charge is 0.463 e. The summed E-state index contributed by atoms with van der Waals surface area (Å²) >= 11 is 0. The van der Waals surface area contributed by atoms with E-state index in [0.717, 1.165) is 12.8 Å². The summed E-state index contributed by atoms with van der Waals surface area (Å²) in [6.45, 7) is 8.98. The molecule has 1 rings (SSSR count). The first-order valence-corrected chi connectivity index (χ1v) is 10.3. The highest BCUT2D eigenvalue weighted by atomic mass is 16.6. The Labute approximate surface area is 174 Å². The lowest BCUT2D eigenvalue weighted by atomic mass is 10.1. The minimum absolute atomic E-state index is 0.116. The number of carbonyl (C=O) groups excluding carboxylic acids is 1. The Morgan fingerprint density at radius 3 is 1.21 bits per heavy atom. The average molecular weight is 423 g/mol. The predicted molar refractivity (Wildman–Crippen MR) is 105 cm³/mol. The first kappa shape index (κ1) is 26.2. The number of hydrogen-bond donors (Lipinski definition) is 0. The van der Waals surface area contributed by atoms with Gasteiger partial charge in [-0.25, -0.2) is 0 Å². The molecule has 1 aliphatic carbocycles. The van der Waals surface area contributed by atoms with Gasteiger partial charge in [-0.2, -0.15) is 0 Å². The topological polar surface area (TPSA) is 90.9 Å². The van der Waals surface area contributed by atoms with Gasteiger partial charge in [0.2, 0.25) is 0 Å². The lowest BCUT2D eigenvalue weighted by molar-refractivity contribution is -0.151. The molecule has 0 unspecified atom stereocenters. The lowest BCUT2D eigenvalue weighted by Crippen LogP contribution is -2.19. The Balaban J connectivity index is 1.65. The van der Waals surface area contributed by atoms with E-state index in [1.165, 1.54) is 0 Å². The molecule has 1 saturated carbocycles. The van der Waals surface area contributed by atoms with Crippen LogP contribution in [0.3, 0.4) is 0 Å². The van der Waals surface area contributed by atoms with Crippen molar-refractivity contribution >= 4 is 5.97 Å². The van der Waals surface area contributed by atoms with Crippen LogP contribution in [0.2, 0.25) is 0 Å². The minimum Gasteiger partial charge on any atom is -0.463 e. The van der Waals surface area contributed by atoms with E-state index in [4.69, 9.17) is 37.9 Å². The highest BCUT2D eigenvalue weighted by molar-refractivity contribution is 5.79. The van der Waals surface area contributed by atoms with Gasteiger partial charge in [0, 0.05) is 7.11 Å². The molecule has 0 heterocycles. The zero-order valence-corrected chi connectivity index (χ0v) is 18.0. The zero-order chi connectivity index (χ0) is 21.0. The SMILES string of the molecule is COCCOCCOCCOCCOCCOCCOCCOC(=O)C1(C)CC1. The average Bonchev–Trinajstić information content (AvgIpc) is 3.47. The molecule has 9 nitrogen and oxygen atoms in total. The van der Waals surface area contributed by atoms with Crippen molar-refractivity contribution in [3.63, 3.8) is 0 Å². The Bertz CT molecular complexity index is 388. The molecule has 0 aliphatic heterocycles. The van der Waals surface area contributed by atoms with Gasteiger partial charge in [0.05, 0.1) is 91.3 Å². The highest BCUT2D eigenvalue weighted by Gasteiger charge is 2.46.